The highest BCUT2D eigenvalue weighted by Crippen LogP contribution is 2.30. The lowest BCUT2D eigenvalue weighted by molar-refractivity contribution is -0.127. The lowest BCUT2D eigenvalue weighted by Gasteiger charge is -2.31. The van der Waals surface area contributed by atoms with Crippen molar-refractivity contribution >= 4 is 11.9 Å². The molecule has 6 heteroatoms. The predicted molar refractivity (Wildman–Crippen MR) is 51.3 cm³/mol. The molecule has 0 fully saturated rings. The number of fused-ring (bicyclic) bond motifs is 1. The Labute approximate surface area is 90.8 Å². The fourth-order valence-corrected chi connectivity index (χ4v) is 1.36. The number of carboxylic acids is 1. The van der Waals surface area contributed by atoms with E-state index in [4.69, 9.17) is 14.6 Å². The molecule has 1 aromatic heterocycles. The average Bonchev–Trinajstić information content (AvgIpc) is 2.14. The Morgan fingerprint density at radius 3 is 2.75 bits per heavy atom. The molecule has 84 valence electrons. The Morgan fingerprint density at radius 1 is 1.44 bits per heavy atom. The van der Waals surface area contributed by atoms with Crippen molar-refractivity contribution in [2.45, 2.75) is 19.6 Å². The van der Waals surface area contributed by atoms with Gasteiger partial charge in [0.05, 0.1) is 0 Å². The van der Waals surface area contributed by atoms with Crippen LogP contribution in [0.3, 0.4) is 0 Å². The zero-order valence-electron chi connectivity index (χ0n) is 8.68. The number of carbonyl (C=O) groups excluding carboxylic acids is 1. The molecule has 0 saturated heterocycles. The van der Waals surface area contributed by atoms with Crippen LogP contribution >= 0.6 is 0 Å². The fraction of sp³-hybridized carbons (Fsp3) is 0.300. The van der Waals surface area contributed by atoms with E-state index in [-0.39, 0.29) is 17.0 Å². The molecule has 1 aromatic rings. The zero-order chi connectivity index (χ0) is 11.9. The van der Waals surface area contributed by atoms with E-state index < -0.39 is 17.7 Å². The standard InChI is InChI=1S/C10H9NO5/c1-10(2)15-7-3-6(8(12)13)11-4-5(7)9(14)16-10/h3-4H,1-2H3,(H,12,13). The summed E-state index contributed by atoms with van der Waals surface area (Å²) in [6, 6.07) is 1.21. The first kappa shape index (κ1) is 10.4. The molecular formula is C10H9NO5. The molecule has 0 saturated carbocycles. The topological polar surface area (TPSA) is 85.7 Å². The Bertz CT molecular complexity index is 480. The van der Waals surface area contributed by atoms with E-state index >= 15 is 0 Å². The average molecular weight is 223 g/mol. The number of cyclic esters (lactones) is 1. The first-order valence-electron chi connectivity index (χ1n) is 4.55. The third-order valence-electron chi connectivity index (χ3n) is 2.00. The van der Waals surface area contributed by atoms with E-state index in [0.717, 1.165) is 6.20 Å². The summed E-state index contributed by atoms with van der Waals surface area (Å²) >= 11 is 0. The number of rotatable bonds is 1. The van der Waals surface area contributed by atoms with Crippen LogP contribution in [0.1, 0.15) is 34.7 Å². The number of carboxylic acid groups (broad SMARTS) is 1. The van der Waals surface area contributed by atoms with Crippen LogP contribution in [0.4, 0.5) is 0 Å². The number of ether oxygens (including phenoxy) is 2. The molecule has 0 amide bonds. The van der Waals surface area contributed by atoms with Gasteiger partial charge in [0.1, 0.15) is 11.3 Å². The van der Waals surface area contributed by atoms with Crippen LogP contribution in [-0.4, -0.2) is 27.8 Å². The summed E-state index contributed by atoms with van der Waals surface area (Å²) in [5.41, 5.74) is -0.0476. The van der Waals surface area contributed by atoms with Gasteiger partial charge in [0.2, 0.25) is 5.79 Å². The fourth-order valence-electron chi connectivity index (χ4n) is 1.36. The number of hydrogen-bond donors (Lipinski definition) is 1. The van der Waals surface area contributed by atoms with Crippen molar-refractivity contribution in [3.05, 3.63) is 23.5 Å². The minimum atomic E-state index is -1.18. The predicted octanol–water partition coefficient (Wildman–Crippen LogP) is 1.07. The van der Waals surface area contributed by atoms with E-state index in [0.29, 0.717) is 0 Å². The molecule has 1 N–H and O–H groups in total. The van der Waals surface area contributed by atoms with Gasteiger partial charge in [-0.2, -0.15) is 0 Å². The van der Waals surface area contributed by atoms with Gasteiger partial charge in [-0.15, -0.1) is 0 Å². The Hall–Kier alpha value is -2.11. The third kappa shape index (κ3) is 1.69. The molecule has 2 rings (SSSR count). The Balaban J connectivity index is 2.50. The van der Waals surface area contributed by atoms with Crippen molar-refractivity contribution in [2.24, 2.45) is 0 Å². The van der Waals surface area contributed by atoms with Crippen LogP contribution < -0.4 is 4.74 Å². The molecule has 0 radical (unpaired) electrons. The first-order valence-corrected chi connectivity index (χ1v) is 4.55. The molecule has 0 aliphatic carbocycles. The molecule has 16 heavy (non-hydrogen) atoms. The SMILES string of the molecule is CC1(C)OC(=O)c2cnc(C(=O)O)cc2O1. The highest BCUT2D eigenvalue weighted by Gasteiger charge is 2.34. The molecule has 0 unspecified atom stereocenters. The quantitative estimate of drug-likeness (QED) is 0.716. The van der Waals surface area contributed by atoms with Gasteiger partial charge in [0.15, 0.2) is 5.69 Å². The maximum absolute atomic E-state index is 11.5. The van der Waals surface area contributed by atoms with Gasteiger partial charge < -0.3 is 14.6 Å². The summed E-state index contributed by atoms with van der Waals surface area (Å²) in [6.07, 6.45) is 1.14. The van der Waals surface area contributed by atoms with Crippen molar-refractivity contribution in [3.8, 4) is 5.75 Å². The smallest absolute Gasteiger partial charge is 0.354 e. The van der Waals surface area contributed by atoms with Gasteiger partial charge in [0.25, 0.3) is 0 Å². The number of pyridine rings is 1. The number of aromatic carboxylic acids is 1. The van der Waals surface area contributed by atoms with Crippen LogP contribution in [-0.2, 0) is 4.74 Å². The largest absolute Gasteiger partial charge is 0.477 e. The number of aromatic nitrogens is 1. The molecule has 0 spiro atoms. The maximum atomic E-state index is 11.5. The number of carbonyl (C=O) groups is 2. The maximum Gasteiger partial charge on any atom is 0.354 e. The van der Waals surface area contributed by atoms with Gasteiger partial charge in [0, 0.05) is 26.1 Å². The Kier molecular flexibility index (Phi) is 2.08. The van der Waals surface area contributed by atoms with E-state index in [1.807, 2.05) is 0 Å². The number of hydrogen-bond acceptors (Lipinski definition) is 5. The minimum absolute atomic E-state index is 0.129. The third-order valence-corrected chi connectivity index (χ3v) is 2.00. The van der Waals surface area contributed by atoms with Gasteiger partial charge in [-0.3, -0.25) is 0 Å². The monoisotopic (exact) mass is 223 g/mol. The van der Waals surface area contributed by atoms with Crippen LogP contribution in [0.15, 0.2) is 12.3 Å². The minimum Gasteiger partial charge on any atom is -0.477 e. The van der Waals surface area contributed by atoms with Crippen LogP contribution in [0.25, 0.3) is 0 Å². The summed E-state index contributed by atoms with van der Waals surface area (Å²) in [7, 11) is 0. The molecular weight excluding hydrogens is 214 g/mol. The summed E-state index contributed by atoms with van der Waals surface area (Å²) in [4.78, 5) is 25.8. The molecule has 2 heterocycles. The summed E-state index contributed by atoms with van der Waals surface area (Å²) in [5, 5.41) is 8.75. The molecule has 0 bridgehead atoms. The van der Waals surface area contributed by atoms with E-state index in [1.165, 1.54) is 6.07 Å². The lowest BCUT2D eigenvalue weighted by Crippen LogP contribution is -2.39. The summed E-state index contributed by atoms with van der Waals surface area (Å²) in [5.74, 6) is -2.67. The number of esters is 1. The van der Waals surface area contributed by atoms with E-state index in [1.54, 1.807) is 13.8 Å². The van der Waals surface area contributed by atoms with Crippen molar-refractivity contribution in [1.29, 1.82) is 0 Å². The molecule has 0 aromatic carbocycles. The Morgan fingerprint density at radius 2 is 2.12 bits per heavy atom. The zero-order valence-corrected chi connectivity index (χ0v) is 8.68. The van der Waals surface area contributed by atoms with Gasteiger partial charge in [-0.1, -0.05) is 0 Å². The highest BCUT2D eigenvalue weighted by molar-refractivity contribution is 5.95. The van der Waals surface area contributed by atoms with Crippen LogP contribution in [0.5, 0.6) is 5.75 Å². The second kappa shape index (κ2) is 3.19. The van der Waals surface area contributed by atoms with E-state index in [2.05, 4.69) is 4.98 Å². The van der Waals surface area contributed by atoms with Crippen molar-refractivity contribution in [3.63, 3.8) is 0 Å². The second-order valence-electron chi connectivity index (χ2n) is 3.76. The molecule has 1 aliphatic heterocycles. The normalized spacial score (nSPS) is 17.0. The van der Waals surface area contributed by atoms with Crippen molar-refractivity contribution in [2.75, 3.05) is 0 Å². The van der Waals surface area contributed by atoms with Gasteiger partial charge >= 0.3 is 11.9 Å². The van der Waals surface area contributed by atoms with Gasteiger partial charge in [-0.05, 0) is 0 Å². The van der Waals surface area contributed by atoms with Crippen LogP contribution in [0, 0.1) is 0 Å². The van der Waals surface area contributed by atoms with Crippen molar-refractivity contribution < 1.29 is 24.2 Å². The van der Waals surface area contributed by atoms with Crippen LogP contribution in [0.2, 0.25) is 0 Å². The molecule has 6 nitrogen and oxygen atoms in total. The highest BCUT2D eigenvalue weighted by atomic mass is 16.7. The molecule has 1 aliphatic rings. The number of nitrogens with zero attached hydrogens (tertiary/aromatic N) is 1. The summed E-state index contributed by atoms with van der Waals surface area (Å²) in [6.45, 7) is 3.13. The lowest BCUT2D eigenvalue weighted by atomic mass is 10.2. The second-order valence-corrected chi connectivity index (χ2v) is 3.76. The summed E-state index contributed by atoms with van der Waals surface area (Å²) < 4.78 is 10.3. The molecule has 0 atom stereocenters. The van der Waals surface area contributed by atoms with Crippen molar-refractivity contribution in [1.82, 2.24) is 4.98 Å². The first-order chi connectivity index (χ1) is 7.39. The van der Waals surface area contributed by atoms with E-state index in [9.17, 15) is 9.59 Å². The van der Waals surface area contributed by atoms with Gasteiger partial charge in [-0.25, -0.2) is 14.6 Å².